The van der Waals surface area contributed by atoms with Gasteiger partial charge in [0.1, 0.15) is 0 Å². The molecule has 6 rings (SSSR count). The molecule has 0 saturated heterocycles. The normalized spacial score (nSPS) is 13.1. The van der Waals surface area contributed by atoms with E-state index in [1.165, 1.54) is 54.9 Å². The van der Waals surface area contributed by atoms with Gasteiger partial charge in [-0.2, -0.15) is 35.5 Å². The zero-order chi connectivity index (χ0) is 23.3. The predicted octanol–water partition coefficient (Wildman–Crippen LogP) is 9.94. The maximum atomic E-state index is 3.42. The van der Waals surface area contributed by atoms with E-state index < -0.39 is 0 Å². The van der Waals surface area contributed by atoms with Crippen LogP contribution in [-0.2, 0) is 39.0 Å². The number of aryl methyl sites for hydroxylation is 2. The van der Waals surface area contributed by atoms with Gasteiger partial charge in [-0.25, -0.2) is 0 Å². The third kappa shape index (κ3) is 7.03. The van der Waals surface area contributed by atoms with Gasteiger partial charge in [0.2, 0.25) is 0 Å². The van der Waals surface area contributed by atoms with Crippen molar-refractivity contribution in [3.63, 3.8) is 0 Å². The molecular weight excluding hydrogens is 571 g/mol. The van der Waals surface area contributed by atoms with Crippen LogP contribution in [0.5, 0.6) is 0 Å². The number of halogens is 2. The summed E-state index contributed by atoms with van der Waals surface area (Å²) in [5.41, 5.74) is 7.94. The molecule has 0 unspecified atom stereocenters. The summed E-state index contributed by atoms with van der Waals surface area (Å²) in [6.07, 6.45) is 19.6. The third-order valence-electron chi connectivity index (χ3n) is 6.63. The fourth-order valence-corrected chi connectivity index (χ4v) is 4.78. The Morgan fingerprint density at radius 2 is 1.00 bits per heavy atom. The number of rotatable bonds is 4. The van der Waals surface area contributed by atoms with Gasteiger partial charge < -0.3 is 0 Å². The molecule has 0 aromatic heterocycles. The Labute approximate surface area is 253 Å². The molecule has 4 aromatic carbocycles. The van der Waals surface area contributed by atoms with E-state index in [1.54, 1.807) is 0 Å². The topological polar surface area (TPSA) is 0 Å². The molecule has 0 heterocycles. The largest absolute Gasteiger partial charge is 2.00 e. The van der Waals surface area contributed by atoms with E-state index in [0.717, 1.165) is 25.7 Å². The van der Waals surface area contributed by atoms with Crippen molar-refractivity contribution in [2.75, 3.05) is 0 Å². The number of hydrogen-bond donors (Lipinski definition) is 0. The second kappa shape index (κ2) is 14.7. The summed E-state index contributed by atoms with van der Waals surface area (Å²) in [5.74, 6) is 0. The van der Waals surface area contributed by atoms with E-state index in [4.69, 9.17) is 0 Å². The second-order valence-electron chi connectivity index (χ2n) is 8.83. The number of allylic oxidation sites excluding steroid dienone is 8. The molecule has 0 bridgehead atoms. The first-order valence-corrected chi connectivity index (χ1v) is 12.4. The van der Waals surface area contributed by atoms with Crippen LogP contribution in [0.2, 0.25) is 0 Å². The van der Waals surface area contributed by atoms with Crippen molar-refractivity contribution in [1.29, 1.82) is 0 Å². The quantitative estimate of drug-likeness (QED) is 0.204. The average Bonchev–Trinajstić information content (AvgIpc) is 3.63. The summed E-state index contributed by atoms with van der Waals surface area (Å²) in [4.78, 5) is 0. The van der Waals surface area contributed by atoms with Crippen LogP contribution in [0.3, 0.4) is 0 Å². The molecule has 0 spiro atoms. The Morgan fingerprint density at radius 3 is 1.35 bits per heavy atom. The van der Waals surface area contributed by atoms with Crippen molar-refractivity contribution in [2.45, 2.75) is 39.5 Å². The van der Waals surface area contributed by atoms with E-state index in [1.807, 2.05) is 0 Å². The van der Waals surface area contributed by atoms with Crippen molar-refractivity contribution in [1.82, 2.24) is 0 Å². The van der Waals surface area contributed by atoms with Crippen LogP contribution in [0.4, 0.5) is 0 Å². The van der Waals surface area contributed by atoms with Gasteiger partial charge in [0.05, 0.1) is 0 Å². The Kier molecular flexibility index (Phi) is 12.3. The third-order valence-corrected chi connectivity index (χ3v) is 6.63. The molecule has 2 aliphatic carbocycles. The van der Waals surface area contributed by atoms with Gasteiger partial charge in [-0.15, -0.1) is 60.2 Å². The molecule has 37 heavy (non-hydrogen) atoms. The molecule has 0 amide bonds. The molecule has 3 heteroatoms. The standard InChI is InChI=1S/2C17H15.2ClH.Zr/c2*1-2-13-11-15-9-5-6-10-16(15)17(12-13)14-7-3-4-8-14;;;/h2*3,5-7,9-12H,2,4H2,1H3;2*1H;/q2*-1;;;+2. The van der Waals surface area contributed by atoms with Gasteiger partial charge in [-0.1, -0.05) is 109 Å². The fourth-order valence-electron chi connectivity index (χ4n) is 4.78. The van der Waals surface area contributed by atoms with Gasteiger partial charge >= 0.3 is 26.2 Å². The van der Waals surface area contributed by atoms with E-state index in [2.05, 4.69) is 123 Å². The predicted molar refractivity (Wildman–Crippen MR) is 162 cm³/mol. The van der Waals surface area contributed by atoms with Crippen molar-refractivity contribution in [2.24, 2.45) is 0 Å². The molecule has 0 nitrogen and oxygen atoms in total. The van der Waals surface area contributed by atoms with Crippen molar-refractivity contribution in [3.05, 3.63) is 132 Å². The van der Waals surface area contributed by atoms with Gasteiger partial charge in [0, 0.05) is 0 Å². The van der Waals surface area contributed by atoms with Crippen LogP contribution in [0.25, 0.3) is 32.7 Å². The van der Waals surface area contributed by atoms with E-state index in [0.29, 0.717) is 0 Å². The van der Waals surface area contributed by atoms with Gasteiger partial charge in [-0.05, 0) is 23.6 Å². The molecule has 4 aromatic rings. The summed E-state index contributed by atoms with van der Waals surface area (Å²) >= 11 is 0. The van der Waals surface area contributed by atoms with Crippen LogP contribution < -0.4 is 0 Å². The number of benzene rings is 4. The molecular formula is C34H32Cl2Zr. The Balaban J connectivity index is 0.000000241. The minimum Gasteiger partial charge on any atom is -0.197 e. The molecule has 0 fully saturated rings. The zero-order valence-corrected chi connectivity index (χ0v) is 25.5. The Morgan fingerprint density at radius 1 is 0.595 bits per heavy atom. The van der Waals surface area contributed by atoms with E-state index in [-0.39, 0.29) is 51.0 Å². The maximum absolute atomic E-state index is 3.42. The first-order valence-electron chi connectivity index (χ1n) is 12.4. The minimum absolute atomic E-state index is 0. The smallest absolute Gasteiger partial charge is 0.197 e. The Bertz CT molecular complexity index is 1360. The summed E-state index contributed by atoms with van der Waals surface area (Å²) in [6, 6.07) is 26.4. The monoisotopic (exact) mass is 600 g/mol. The van der Waals surface area contributed by atoms with E-state index in [9.17, 15) is 0 Å². The second-order valence-corrected chi connectivity index (χ2v) is 8.83. The summed E-state index contributed by atoms with van der Waals surface area (Å²) < 4.78 is 0. The average molecular weight is 603 g/mol. The van der Waals surface area contributed by atoms with Crippen molar-refractivity contribution < 1.29 is 26.2 Å². The SMILES string of the molecule is CCc1cc(C2=[C-]CC=C2)c2ccccc2c1.CCc1cc(C2=[C-]CC=C2)c2ccccc2c1.Cl.Cl.[Zr+2]. The van der Waals surface area contributed by atoms with Crippen LogP contribution in [0.1, 0.15) is 48.9 Å². The molecule has 0 atom stereocenters. The van der Waals surface area contributed by atoms with Crippen molar-refractivity contribution >= 4 is 57.5 Å². The van der Waals surface area contributed by atoms with Crippen LogP contribution in [0.15, 0.2) is 97.1 Å². The maximum Gasteiger partial charge on any atom is 2.00 e. The molecule has 2 aliphatic rings. The van der Waals surface area contributed by atoms with Crippen molar-refractivity contribution in [3.8, 4) is 0 Å². The molecule has 0 radical (unpaired) electrons. The van der Waals surface area contributed by atoms with Gasteiger partial charge in [0.15, 0.2) is 0 Å². The van der Waals surface area contributed by atoms with Crippen LogP contribution in [0, 0.1) is 12.2 Å². The first-order chi connectivity index (χ1) is 16.8. The van der Waals surface area contributed by atoms with Gasteiger partial charge in [-0.3, -0.25) is 0 Å². The summed E-state index contributed by atoms with van der Waals surface area (Å²) in [7, 11) is 0. The molecule has 0 aliphatic heterocycles. The fraction of sp³-hybridized carbons (Fsp3) is 0.176. The summed E-state index contributed by atoms with van der Waals surface area (Å²) in [5, 5.41) is 5.32. The Hall–Kier alpha value is -2.18. The molecule has 0 N–H and O–H groups in total. The summed E-state index contributed by atoms with van der Waals surface area (Å²) in [6.45, 7) is 4.41. The van der Waals surface area contributed by atoms with E-state index >= 15 is 0 Å². The van der Waals surface area contributed by atoms with Crippen LogP contribution in [-0.4, -0.2) is 0 Å². The first kappa shape index (κ1) is 31.0. The molecule has 186 valence electrons. The number of hydrogen-bond acceptors (Lipinski definition) is 0. The van der Waals surface area contributed by atoms with Gasteiger partial charge in [0.25, 0.3) is 0 Å². The number of fused-ring (bicyclic) bond motifs is 2. The zero-order valence-electron chi connectivity index (χ0n) is 21.4. The van der Waals surface area contributed by atoms with Crippen LogP contribution >= 0.6 is 24.8 Å². The molecule has 0 saturated carbocycles. The minimum atomic E-state index is 0.